The SMILES string of the molecule is Cc1cnc(Nc2ccc(N3CCN(Cc4ccc5c(c4F)CN(C4CCC(=O)NC4=O)C5=O)CC3)nn2)nc1Nc1cccc(S(=O)(=O)NC(C)(C)C)c1. The van der Waals surface area contributed by atoms with Gasteiger partial charge < -0.3 is 20.4 Å². The Balaban J connectivity index is 0.935. The number of rotatable bonds is 10. The summed E-state index contributed by atoms with van der Waals surface area (Å²) in [6.45, 7) is 10.1. The molecule has 3 aliphatic heterocycles. The zero-order chi connectivity index (χ0) is 39.1. The van der Waals surface area contributed by atoms with Gasteiger partial charge in [-0.3, -0.25) is 24.6 Å². The summed E-state index contributed by atoms with van der Waals surface area (Å²) in [5, 5.41) is 17.3. The number of carbonyl (C=O) groups is 3. The zero-order valence-electron chi connectivity index (χ0n) is 30.9. The molecular weight excluding hydrogens is 730 g/mol. The molecule has 0 spiro atoms. The van der Waals surface area contributed by atoms with E-state index in [0.29, 0.717) is 61.4 Å². The Kier molecular flexibility index (Phi) is 10.2. The minimum Gasteiger partial charge on any atom is -0.353 e. The number of aryl methyl sites for hydroxylation is 1. The number of anilines is 5. The highest BCUT2D eigenvalue weighted by Gasteiger charge is 2.40. The predicted octanol–water partition coefficient (Wildman–Crippen LogP) is 3.36. The molecule has 7 rings (SSSR count). The van der Waals surface area contributed by atoms with E-state index >= 15 is 4.39 Å². The highest BCUT2D eigenvalue weighted by molar-refractivity contribution is 7.89. The molecule has 0 bridgehead atoms. The fraction of sp³-hybridized carbons (Fsp3) is 0.378. The lowest BCUT2D eigenvalue weighted by molar-refractivity contribution is -0.136. The van der Waals surface area contributed by atoms with Crippen LogP contribution in [-0.4, -0.2) is 93.9 Å². The molecule has 2 aromatic carbocycles. The number of aromatic nitrogens is 4. The first-order chi connectivity index (χ1) is 26.1. The first-order valence-corrected chi connectivity index (χ1v) is 19.4. The van der Waals surface area contributed by atoms with Crippen molar-refractivity contribution in [3.63, 3.8) is 0 Å². The van der Waals surface area contributed by atoms with Crippen molar-refractivity contribution in [2.24, 2.45) is 0 Å². The third-order valence-corrected chi connectivity index (χ3v) is 11.3. The highest BCUT2D eigenvalue weighted by Crippen LogP contribution is 2.32. The lowest BCUT2D eigenvalue weighted by atomic mass is 10.0. The number of hydrogen-bond acceptors (Lipinski definition) is 13. The summed E-state index contributed by atoms with van der Waals surface area (Å²) in [6, 6.07) is 12.6. The molecule has 18 heteroatoms. The van der Waals surface area contributed by atoms with Crippen molar-refractivity contribution in [3.8, 4) is 0 Å². The molecular formula is C37H42FN11O5S. The van der Waals surface area contributed by atoms with Crippen molar-refractivity contribution in [1.82, 2.24) is 40.0 Å². The van der Waals surface area contributed by atoms with E-state index in [9.17, 15) is 22.8 Å². The summed E-state index contributed by atoms with van der Waals surface area (Å²) in [5.74, 6) is 0.136. The van der Waals surface area contributed by atoms with E-state index < -0.39 is 39.2 Å². The van der Waals surface area contributed by atoms with E-state index in [1.165, 1.54) is 11.0 Å². The van der Waals surface area contributed by atoms with Crippen molar-refractivity contribution < 1.29 is 27.2 Å². The summed E-state index contributed by atoms with van der Waals surface area (Å²) >= 11 is 0. The van der Waals surface area contributed by atoms with Crippen LogP contribution in [0.3, 0.4) is 0 Å². The molecule has 3 aliphatic rings. The van der Waals surface area contributed by atoms with Crippen LogP contribution in [0.1, 0.15) is 60.7 Å². The summed E-state index contributed by atoms with van der Waals surface area (Å²) in [7, 11) is -3.73. The maximum Gasteiger partial charge on any atom is 0.255 e. The van der Waals surface area contributed by atoms with Crippen molar-refractivity contribution in [2.75, 3.05) is 41.7 Å². The first kappa shape index (κ1) is 37.7. The molecule has 2 saturated heterocycles. The molecule has 4 aromatic rings. The molecule has 2 fully saturated rings. The van der Waals surface area contributed by atoms with Gasteiger partial charge >= 0.3 is 0 Å². The second-order valence-electron chi connectivity index (χ2n) is 14.9. The number of nitrogens with zero attached hydrogens (tertiary/aromatic N) is 7. The smallest absolute Gasteiger partial charge is 0.255 e. The molecule has 3 amide bonds. The topological polar surface area (TPSA) is 195 Å². The van der Waals surface area contributed by atoms with Crippen LogP contribution in [0.2, 0.25) is 0 Å². The van der Waals surface area contributed by atoms with Gasteiger partial charge in [0.15, 0.2) is 11.6 Å². The minimum absolute atomic E-state index is 0.00960. The number of carbonyl (C=O) groups excluding carboxylic acids is 3. The van der Waals surface area contributed by atoms with Crippen LogP contribution >= 0.6 is 0 Å². The van der Waals surface area contributed by atoms with Crippen LogP contribution in [0.5, 0.6) is 0 Å². The molecule has 1 unspecified atom stereocenters. The van der Waals surface area contributed by atoms with Gasteiger partial charge in [0.25, 0.3) is 5.91 Å². The fourth-order valence-electron chi connectivity index (χ4n) is 6.79. The minimum atomic E-state index is -3.73. The number of benzene rings is 2. The van der Waals surface area contributed by atoms with Gasteiger partial charge in [0.1, 0.15) is 17.7 Å². The molecule has 5 heterocycles. The Morgan fingerprint density at radius 2 is 1.76 bits per heavy atom. The molecule has 288 valence electrons. The average molecular weight is 772 g/mol. The number of imide groups is 1. The Morgan fingerprint density at radius 3 is 2.47 bits per heavy atom. The van der Waals surface area contributed by atoms with Gasteiger partial charge in [0.05, 0.1) is 11.4 Å². The second-order valence-corrected chi connectivity index (χ2v) is 16.5. The fourth-order valence-corrected chi connectivity index (χ4v) is 8.26. The number of sulfonamides is 1. The monoisotopic (exact) mass is 771 g/mol. The van der Waals surface area contributed by atoms with Crippen molar-refractivity contribution in [2.45, 2.75) is 70.1 Å². The first-order valence-electron chi connectivity index (χ1n) is 17.9. The Labute approximate surface area is 318 Å². The van der Waals surface area contributed by atoms with Crippen LogP contribution < -0.4 is 25.6 Å². The molecule has 2 aromatic heterocycles. The molecule has 1 atom stereocenters. The van der Waals surface area contributed by atoms with Crippen LogP contribution in [0.25, 0.3) is 0 Å². The molecule has 16 nitrogen and oxygen atoms in total. The van der Waals surface area contributed by atoms with E-state index in [-0.39, 0.29) is 47.3 Å². The van der Waals surface area contributed by atoms with Crippen LogP contribution in [0, 0.1) is 12.7 Å². The van der Waals surface area contributed by atoms with Gasteiger partial charge in [-0.05, 0) is 70.5 Å². The van der Waals surface area contributed by atoms with Gasteiger partial charge in [0.2, 0.25) is 27.8 Å². The number of piperazine rings is 1. The largest absolute Gasteiger partial charge is 0.353 e. The number of piperidine rings is 1. The summed E-state index contributed by atoms with van der Waals surface area (Å²) in [5.41, 5.74) is 1.67. The van der Waals surface area contributed by atoms with Gasteiger partial charge in [-0.25, -0.2) is 22.5 Å². The normalized spacial score (nSPS) is 18.0. The van der Waals surface area contributed by atoms with Crippen molar-refractivity contribution >= 4 is 56.8 Å². The van der Waals surface area contributed by atoms with E-state index in [1.54, 1.807) is 63.4 Å². The Hall–Kier alpha value is -5.59. The number of fused-ring (bicyclic) bond motifs is 1. The predicted molar refractivity (Wildman–Crippen MR) is 202 cm³/mol. The highest BCUT2D eigenvalue weighted by atomic mass is 32.2. The number of amides is 3. The summed E-state index contributed by atoms with van der Waals surface area (Å²) in [4.78, 5) is 51.7. The third-order valence-electron chi connectivity index (χ3n) is 9.53. The average Bonchev–Trinajstić information content (AvgIpc) is 3.47. The molecule has 0 saturated carbocycles. The van der Waals surface area contributed by atoms with E-state index in [2.05, 4.69) is 50.6 Å². The standard InChI is InChI=1S/C37H42FN11O5S/c1-22-19-39-36(43-33(22)40-24-6-5-7-25(18-24)55(53,54)46-37(2,3)4)41-29-11-12-30(45-44-29)48-16-14-47(15-17-48)20-23-8-9-26-27(32(23)38)21-49(35(26)52)28-10-13-31(50)42-34(28)51/h5-9,11-12,18-19,28,46H,10,13-17,20-21H2,1-4H3,(H,42,50,51)(H2,39,40,41,43,44). The lowest BCUT2D eigenvalue weighted by Gasteiger charge is -2.35. The van der Waals surface area contributed by atoms with Crippen LogP contribution in [-0.2, 0) is 32.7 Å². The maximum absolute atomic E-state index is 15.7. The number of halogens is 1. The molecule has 0 aliphatic carbocycles. The van der Waals surface area contributed by atoms with Gasteiger partial charge in [-0.2, -0.15) is 4.98 Å². The van der Waals surface area contributed by atoms with E-state index in [0.717, 1.165) is 5.56 Å². The van der Waals surface area contributed by atoms with Crippen LogP contribution in [0.15, 0.2) is 59.6 Å². The van der Waals surface area contributed by atoms with Gasteiger partial charge in [-0.15, -0.1) is 10.2 Å². The Bertz CT molecular complexity index is 2260. The van der Waals surface area contributed by atoms with Gasteiger partial charge in [-0.1, -0.05) is 12.1 Å². The molecule has 4 N–H and O–H groups in total. The van der Waals surface area contributed by atoms with Crippen LogP contribution in [0.4, 0.5) is 33.5 Å². The number of hydrogen-bond donors (Lipinski definition) is 4. The van der Waals surface area contributed by atoms with E-state index in [4.69, 9.17) is 0 Å². The molecule has 55 heavy (non-hydrogen) atoms. The Morgan fingerprint density at radius 1 is 0.982 bits per heavy atom. The summed E-state index contributed by atoms with van der Waals surface area (Å²) in [6.07, 6.45) is 2.00. The number of nitrogens with one attached hydrogen (secondary N) is 4. The molecule has 0 radical (unpaired) electrons. The lowest BCUT2D eigenvalue weighted by Crippen LogP contribution is -2.52. The van der Waals surface area contributed by atoms with Gasteiger partial charge in [0, 0.05) is 78.8 Å². The second kappa shape index (κ2) is 14.9. The van der Waals surface area contributed by atoms with Crippen molar-refractivity contribution in [3.05, 3.63) is 82.8 Å². The summed E-state index contributed by atoms with van der Waals surface area (Å²) < 4.78 is 44.1. The van der Waals surface area contributed by atoms with Crippen molar-refractivity contribution in [1.29, 1.82) is 0 Å². The quantitative estimate of drug-likeness (QED) is 0.172. The van der Waals surface area contributed by atoms with E-state index in [1.807, 2.05) is 13.0 Å². The zero-order valence-corrected chi connectivity index (χ0v) is 31.7. The third kappa shape index (κ3) is 8.40. The maximum atomic E-state index is 15.7.